The molecule has 0 amide bonds. The van der Waals surface area contributed by atoms with Gasteiger partial charge in [0.2, 0.25) is 0 Å². The summed E-state index contributed by atoms with van der Waals surface area (Å²) in [6.45, 7) is 2.24. The van der Waals surface area contributed by atoms with Gasteiger partial charge in [0, 0.05) is 18.8 Å². The molecule has 0 unspecified atom stereocenters. The highest BCUT2D eigenvalue weighted by molar-refractivity contribution is 5.83. The van der Waals surface area contributed by atoms with Gasteiger partial charge in [-0.1, -0.05) is 45.1 Å². The number of aliphatic imine (C=N–C) groups is 1. The lowest BCUT2D eigenvalue weighted by Gasteiger charge is -2.05. The second-order valence-corrected chi connectivity index (χ2v) is 4.80. The van der Waals surface area contributed by atoms with E-state index in [1.807, 2.05) is 12.1 Å². The standard InChI is InChI=1S/C16H25NO/c1-3-4-5-6-7-8-9-14-10-11-16(18)15(12-14)13-17-2/h10-13,18H,3-9H2,1-2H3. The van der Waals surface area contributed by atoms with E-state index in [0.29, 0.717) is 5.75 Å². The van der Waals surface area contributed by atoms with Crippen LogP contribution in [0.5, 0.6) is 5.75 Å². The van der Waals surface area contributed by atoms with Crippen LogP contribution in [0.2, 0.25) is 0 Å². The van der Waals surface area contributed by atoms with Gasteiger partial charge in [0.1, 0.15) is 5.75 Å². The van der Waals surface area contributed by atoms with Gasteiger partial charge in [0.25, 0.3) is 0 Å². The van der Waals surface area contributed by atoms with Crippen LogP contribution in [0.1, 0.15) is 56.6 Å². The summed E-state index contributed by atoms with van der Waals surface area (Å²) in [4.78, 5) is 3.95. The lowest BCUT2D eigenvalue weighted by atomic mass is 10.0. The van der Waals surface area contributed by atoms with Gasteiger partial charge >= 0.3 is 0 Å². The van der Waals surface area contributed by atoms with Crippen molar-refractivity contribution < 1.29 is 5.11 Å². The Morgan fingerprint density at radius 2 is 1.83 bits per heavy atom. The Balaban J connectivity index is 2.36. The first kappa shape index (κ1) is 14.7. The molecule has 0 saturated carbocycles. The third-order valence-electron chi connectivity index (χ3n) is 3.18. The van der Waals surface area contributed by atoms with Crippen molar-refractivity contribution in [2.75, 3.05) is 7.05 Å². The predicted molar refractivity (Wildman–Crippen MR) is 78.7 cm³/mol. The van der Waals surface area contributed by atoms with Crippen LogP contribution in [0.15, 0.2) is 23.2 Å². The van der Waals surface area contributed by atoms with Crippen molar-refractivity contribution in [1.82, 2.24) is 0 Å². The molecule has 18 heavy (non-hydrogen) atoms. The topological polar surface area (TPSA) is 32.6 Å². The van der Waals surface area contributed by atoms with Crippen LogP contribution in [0.25, 0.3) is 0 Å². The lowest BCUT2D eigenvalue weighted by molar-refractivity contribution is 0.474. The Bertz CT molecular complexity index is 371. The maximum absolute atomic E-state index is 9.64. The van der Waals surface area contributed by atoms with E-state index >= 15 is 0 Å². The fourth-order valence-corrected chi connectivity index (χ4v) is 2.11. The minimum atomic E-state index is 0.312. The molecule has 0 radical (unpaired) electrons. The summed E-state index contributed by atoms with van der Waals surface area (Å²) in [5.41, 5.74) is 2.11. The van der Waals surface area contributed by atoms with E-state index in [9.17, 15) is 5.11 Å². The summed E-state index contributed by atoms with van der Waals surface area (Å²) in [5, 5.41) is 9.64. The van der Waals surface area contributed by atoms with Gasteiger partial charge in [-0.15, -0.1) is 0 Å². The van der Waals surface area contributed by atoms with Crippen molar-refractivity contribution in [3.8, 4) is 5.75 Å². The summed E-state index contributed by atoms with van der Waals surface area (Å²) in [6, 6.07) is 5.81. The third-order valence-corrected chi connectivity index (χ3v) is 3.18. The highest BCUT2D eigenvalue weighted by Crippen LogP contribution is 2.18. The molecule has 1 N–H and O–H groups in total. The van der Waals surface area contributed by atoms with Crippen LogP contribution >= 0.6 is 0 Å². The number of aromatic hydroxyl groups is 1. The van der Waals surface area contributed by atoms with Gasteiger partial charge < -0.3 is 5.11 Å². The summed E-state index contributed by atoms with van der Waals surface area (Å²) >= 11 is 0. The number of phenols is 1. The molecule has 1 aromatic rings. The minimum absolute atomic E-state index is 0.312. The van der Waals surface area contributed by atoms with Crippen molar-refractivity contribution in [2.45, 2.75) is 51.9 Å². The number of phenolic OH excluding ortho intramolecular Hbond substituents is 1. The second kappa shape index (κ2) is 8.73. The molecule has 0 atom stereocenters. The van der Waals surface area contributed by atoms with Crippen molar-refractivity contribution >= 4 is 6.21 Å². The van der Waals surface area contributed by atoms with E-state index in [1.165, 1.54) is 44.1 Å². The molecule has 0 spiro atoms. The first-order valence-corrected chi connectivity index (χ1v) is 7.02. The van der Waals surface area contributed by atoms with Crippen LogP contribution < -0.4 is 0 Å². The molecule has 1 aromatic carbocycles. The van der Waals surface area contributed by atoms with Crippen molar-refractivity contribution in [2.24, 2.45) is 4.99 Å². The highest BCUT2D eigenvalue weighted by Gasteiger charge is 2.00. The lowest BCUT2D eigenvalue weighted by Crippen LogP contribution is -1.90. The smallest absolute Gasteiger partial charge is 0.124 e. The molecule has 1 rings (SSSR count). The molecule has 0 aliphatic heterocycles. The van der Waals surface area contributed by atoms with E-state index in [-0.39, 0.29) is 0 Å². The Morgan fingerprint density at radius 1 is 1.11 bits per heavy atom. The van der Waals surface area contributed by atoms with Gasteiger partial charge in [0.15, 0.2) is 0 Å². The molecule has 0 saturated heterocycles. The van der Waals surface area contributed by atoms with E-state index in [2.05, 4.69) is 11.9 Å². The van der Waals surface area contributed by atoms with Gasteiger partial charge in [-0.3, -0.25) is 4.99 Å². The largest absolute Gasteiger partial charge is 0.507 e. The molecular formula is C16H25NO. The average Bonchev–Trinajstić information content (AvgIpc) is 2.37. The van der Waals surface area contributed by atoms with Crippen LogP contribution in [0.4, 0.5) is 0 Å². The van der Waals surface area contributed by atoms with Crippen LogP contribution in [-0.4, -0.2) is 18.4 Å². The molecule has 0 aromatic heterocycles. The fraction of sp³-hybridized carbons (Fsp3) is 0.562. The van der Waals surface area contributed by atoms with Crippen LogP contribution in [0.3, 0.4) is 0 Å². The van der Waals surface area contributed by atoms with E-state index < -0.39 is 0 Å². The van der Waals surface area contributed by atoms with Gasteiger partial charge in [-0.05, 0) is 30.5 Å². The molecule has 100 valence electrons. The Kier molecular flexibility index (Phi) is 7.16. The average molecular weight is 247 g/mol. The van der Waals surface area contributed by atoms with Crippen LogP contribution in [-0.2, 0) is 6.42 Å². The Labute approximate surface area is 111 Å². The number of nitrogens with zero attached hydrogens (tertiary/aromatic N) is 1. The maximum atomic E-state index is 9.64. The number of aryl methyl sites for hydroxylation is 1. The normalized spacial score (nSPS) is 11.2. The zero-order valence-electron chi connectivity index (χ0n) is 11.7. The molecule has 0 fully saturated rings. The number of benzene rings is 1. The molecule has 2 heteroatoms. The number of hydrogen-bond donors (Lipinski definition) is 1. The molecule has 2 nitrogen and oxygen atoms in total. The zero-order valence-corrected chi connectivity index (χ0v) is 11.7. The SMILES string of the molecule is CCCCCCCCc1ccc(O)c(C=NC)c1. The minimum Gasteiger partial charge on any atom is -0.507 e. The number of rotatable bonds is 8. The van der Waals surface area contributed by atoms with E-state index in [4.69, 9.17) is 0 Å². The molecule has 0 aliphatic carbocycles. The molecular weight excluding hydrogens is 222 g/mol. The van der Waals surface area contributed by atoms with E-state index in [0.717, 1.165) is 12.0 Å². The number of unbranched alkanes of at least 4 members (excludes halogenated alkanes) is 5. The molecule has 0 bridgehead atoms. The molecule has 0 aliphatic rings. The maximum Gasteiger partial charge on any atom is 0.124 e. The third kappa shape index (κ3) is 5.35. The van der Waals surface area contributed by atoms with Gasteiger partial charge in [-0.2, -0.15) is 0 Å². The summed E-state index contributed by atoms with van der Waals surface area (Å²) in [5.74, 6) is 0.312. The van der Waals surface area contributed by atoms with E-state index in [1.54, 1.807) is 19.3 Å². The summed E-state index contributed by atoms with van der Waals surface area (Å²) in [6.07, 6.45) is 10.7. The number of hydrogen-bond acceptors (Lipinski definition) is 2. The Morgan fingerprint density at radius 3 is 2.56 bits per heavy atom. The highest BCUT2D eigenvalue weighted by atomic mass is 16.3. The second-order valence-electron chi connectivity index (χ2n) is 4.80. The monoisotopic (exact) mass is 247 g/mol. The van der Waals surface area contributed by atoms with Crippen LogP contribution in [0, 0.1) is 0 Å². The van der Waals surface area contributed by atoms with Crippen molar-refractivity contribution in [3.63, 3.8) is 0 Å². The zero-order chi connectivity index (χ0) is 13.2. The van der Waals surface area contributed by atoms with Crippen molar-refractivity contribution in [1.29, 1.82) is 0 Å². The first-order chi connectivity index (χ1) is 8.77. The summed E-state index contributed by atoms with van der Waals surface area (Å²) in [7, 11) is 1.72. The predicted octanol–water partition coefficient (Wildman–Crippen LogP) is 4.34. The summed E-state index contributed by atoms with van der Waals surface area (Å²) < 4.78 is 0. The first-order valence-electron chi connectivity index (χ1n) is 7.02. The molecule has 0 heterocycles. The Hall–Kier alpha value is -1.31. The van der Waals surface area contributed by atoms with Gasteiger partial charge in [0.05, 0.1) is 0 Å². The quantitative estimate of drug-likeness (QED) is 0.538. The van der Waals surface area contributed by atoms with Gasteiger partial charge in [-0.25, -0.2) is 0 Å². The fourth-order valence-electron chi connectivity index (χ4n) is 2.11. The van der Waals surface area contributed by atoms with Crippen molar-refractivity contribution in [3.05, 3.63) is 29.3 Å².